The summed E-state index contributed by atoms with van der Waals surface area (Å²) < 4.78 is 29.7. The zero-order chi connectivity index (χ0) is 21.3. The van der Waals surface area contributed by atoms with Gasteiger partial charge in [-0.1, -0.05) is 22.8 Å². The maximum Gasteiger partial charge on any atom is 0.341 e. The van der Waals surface area contributed by atoms with Crippen LogP contribution in [0.2, 0.25) is 5.02 Å². The van der Waals surface area contributed by atoms with Crippen molar-refractivity contribution >= 4 is 23.5 Å². The number of halogens is 2. The number of methoxy groups -OCH3 is 1. The first-order valence-electron chi connectivity index (χ1n) is 8.58. The number of carbonyl (C=O) groups excluding carboxylic acids is 2. The molecule has 2 heterocycles. The SMILES string of the molecule is COC(=O)c1cc(CN(C)C(=O)c2c(-c3c(F)cccc3Cl)noc2C)oc1C. The molecule has 0 radical (unpaired) electrons. The molecule has 9 heteroatoms. The van der Waals surface area contributed by atoms with Gasteiger partial charge < -0.3 is 18.6 Å². The topological polar surface area (TPSA) is 85.8 Å². The van der Waals surface area contributed by atoms with E-state index in [1.165, 1.54) is 43.3 Å². The van der Waals surface area contributed by atoms with E-state index < -0.39 is 17.7 Å². The molecule has 0 aliphatic heterocycles. The minimum absolute atomic E-state index is 0.00964. The van der Waals surface area contributed by atoms with Crippen LogP contribution in [0.15, 0.2) is 33.2 Å². The van der Waals surface area contributed by atoms with Gasteiger partial charge in [-0.25, -0.2) is 9.18 Å². The van der Waals surface area contributed by atoms with Crippen LogP contribution < -0.4 is 0 Å². The van der Waals surface area contributed by atoms with Crippen molar-refractivity contribution in [3.8, 4) is 11.3 Å². The van der Waals surface area contributed by atoms with Gasteiger partial charge >= 0.3 is 5.97 Å². The van der Waals surface area contributed by atoms with E-state index in [1.54, 1.807) is 13.8 Å². The summed E-state index contributed by atoms with van der Waals surface area (Å²) in [5, 5.41) is 3.95. The molecule has 0 spiro atoms. The molecule has 1 amide bonds. The Balaban J connectivity index is 1.92. The molecule has 0 N–H and O–H groups in total. The van der Waals surface area contributed by atoms with Gasteiger partial charge in [0.05, 0.1) is 24.2 Å². The van der Waals surface area contributed by atoms with Crippen LogP contribution in [0.4, 0.5) is 4.39 Å². The standard InChI is InChI=1S/C20H18ClFN2O5/c1-10-13(20(26)27-4)8-12(28-10)9-24(3)19(25)16-11(2)29-23-18(16)17-14(21)6-5-7-15(17)22/h5-8H,9H2,1-4H3. The molecule has 0 fully saturated rings. The molecule has 1 aromatic carbocycles. The molecule has 3 rings (SSSR count). The van der Waals surface area contributed by atoms with E-state index in [0.29, 0.717) is 11.5 Å². The highest BCUT2D eigenvalue weighted by atomic mass is 35.5. The van der Waals surface area contributed by atoms with Crippen LogP contribution >= 0.6 is 11.6 Å². The molecular weight excluding hydrogens is 403 g/mol. The predicted molar refractivity (Wildman–Crippen MR) is 102 cm³/mol. The lowest BCUT2D eigenvalue weighted by molar-refractivity contribution is 0.0598. The molecule has 0 saturated heterocycles. The Kier molecular flexibility index (Phi) is 5.74. The predicted octanol–water partition coefficient (Wildman–Crippen LogP) is 4.40. The summed E-state index contributed by atoms with van der Waals surface area (Å²) in [7, 11) is 2.81. The summed E-state index contributed by atoms with van der Waals surface area (Å²) >= 11 is 6.12. The molecule has 152 valence electrons. The van der Waals surface area contributed by atoms with E-state index in [2.05, 4.69) is 5.16 Å². The summed E-state index contributed by atoms with van der Waals surface area (Å²) in [5.41, 5.74) is 0.386. The van der Waals surface area contributed by atoms with Crippen molar-refractivity contribution in [1.29, 1.82) is 0 Å². The highest BCUT2D eigenvalue weighted by Gasteiger charge is 2.28. The monoisotopic (exact) mass is 420 g/mol. The minimum atomic E-state index is -0.619. The summed E-state index contributed by atoms with van der Waals surface area (Å²) in [4.78, 5) is 26.1. The molecule has 0 saturated carbocycles. The van der Waals surface area contributed by atoms with Crippen molar-refractivity contribution in [3.63, 3.8) is 0 Å². The molecule has 29 heavy (non-hydrogen) atoms. The molecule has 2 aromatic heterocycles. The van der Waals surface area contributed by atoms with Gasteiger partial charge in [0.15, 0.2) is 0 Å². The van der Waals surface area contributed by atoms with Crippen molar-refractivity contribution < 1.29 is 27.7 Å². The van der Waals surface area contributed by atoms with Gasteiger partial charge in [0.1, 0.15) is 39.9 Å². The minimum Gasteiger partial charge on any atom is -0.465 e. The van der Waals surface area contributed by atoms with Crippen LogP contribution in [0.1, 0.15) is 38.0 Å². The van der Waals surface area contributed by atoms with E-state index in [1.807, 2.05) is 0 Å². The van der Waals surface area contributed by atoms with Gasteiger partial charge in [-0.15, -0.1) is 0 Å². The number of aryl methyl sites for hydroxylation is 2. The highest BCUT2D eigenvalue weighted by molar-refractivity contribution is 6.33. The Hall–Kier alpha value is -3.13. The fourth-order valence-electron chi connectivity index (χ4n) is 2.95. The maximum absolute atomic E-state index is 14.3. The zero-order valence-electron chi connectivity index (χ0n) is 16.2. The highest BCUT2D eigenvalue weighted by Crippen LogP contribution is 2.34. The molecule has 0 aliphatic carbocycles. The molecule has 0 unspecified atom stereocenters. The van der Waals surface area contributed by atoms with Crippen molar-refractivity contribution in [2.75, 3.05) is 14.2 Å². The number of aromatic nitrogens is 1. The van der Waals surface area contributed by atoms with E-state index >= 15 is 0 Å². The summed E-state index contributed by atoms with van der Waals surface area (Å²) in [6, 6.07) is 5.70. The van der Waals surface area contributed by atoms with Gasteiger partial charge in [-0.05, 0) is 32.0 Å². The van der Waals surface area contributed by atoms with Crippen molar-refractivity contribution in [2.45, 2.75) is 20.4 Å². The Labute approximate surface area is 171 Å². The zero-order valence-corrected chi connectivity index (χ0v) is 17.0. The van der Waals surface area contributed by atoms with Gasteiger partial charge in [-0.2, -0.15) is 0 Å². The molecule has 0 atom stereocenters. The number of hydrogen-bond donors (Lipinski definition) is 0. The van der Waals surface area contributed by atoms with Crippen LogP contribution in [-0.4, -0.2) is 36.1 Å². The van der Waals surface area contributed by atoms with E-state index in [-0.39, 0.29) is 39.7 Å². The number of amides is 1. The number of ether oxygens (including phenoxy) is 1. The molecule has 0 aliphatic rings. The number of furan rings is 1. The van der Waals surface area contributed by atoms with Crippen molar-refractivity contribution in [2.24, 2.45) is 0 Å². The third-order valence-electron chi connectivity index (χ3n) is 4.39. The number of hydrogen-bond acceptors (Lipinski definition) is 6. The second-order valence-corrected chi connectivity index (χ2v) is 6.80. The summed E-state index contributed by atoms with van der Waals surface area (Å²) in [6.07, 6.45) is 0. The fourth-order valence-corrected chi connectivity index (χ4v) is 3.20. The smallest absolute Gasteiger partial charge is 0.341 e. The quantitative estimate of drug-likeness (QED) is 0.568. The summed E-state index contributed by atoms with van der Waals surface area (Å²) in [5.74, 6) is -0.621. The van der Waals surface area contributed by atoms with Crippen molar-refractivity contribution in [1.82, 2.24) is 10.1 Å². The Bertz CT molecular complexity index is 1070. The first-order valence-corrected chi connectivity index (χ1v) is 8.96. The number of carbonyl (C=O) groups is 2. The number of esters is 1. The first-order chi connectivity index (χ1) is 13.7. The van der Waals surface area contributed by atoms with Crippen LogP contribution in [0, 0.1) is 19.7 Å². The second kappa shape index (κ2) is 8.08. The maximum atomic E-state index is 14.3. The third kappa shape index (κ3) is 3.88. The van der Waals surface area contributed by atoms with Crippen molar-refractivity contribution in [3.05, 3.63) is 63.5 Å². The van der Waals surface area contributed by atoms with Crippen LogP contribution in [-0.2, 0) is 11.3 Å². The largest absolute Gasteiger partial charge is 0.465 e. The number of nitrogens with zero attached hydrogens (tertiary/aromatic N) is 2. The van der Waals surface area contributed by atoms with E-state index in [9.17, 15) is 14.0 Å². The van der Waals surface area contributed by atoms with Gasteiger partial charge in [0.25, 0.3) is 5.91 Å². The lowest BCUT2D eigenvalue weighted by atomic mass is 10.0. The van der Waals surface area contributed by atoms with Crippen LogP contribution in [0.25, 0.3) is 11.3 Å². The Morgan fingerprint density at radius 2 is 2.00 bits per heavy atom. The lowest BCUT2D eigenvalue weighted by Gasteiger charge is -2.16. The first kappa shape index (κ1) is 20.6. The molecular formula is C20H18ClFN2O5. The van der Waals surface area contributed by atoms with Crippen LogP contribution in [0.5, 0.6) is 0 Å². The Morgan fingerprint density at radius 1 is 1.28 bits per heavy atom. The van der Waals surface area contributed by atoms with Gasteiger partial charge in [0.2, 0.25) is 0 Å². The van der Waals surface area contributed by atoms with Crippen LogP contribution in [0.3, 0.4) is 0 Å². The average molecular weight is 421 g/mol. The summed E-state index contributed by atoms with van der Waals surface area (Å²) in [6.45, 7) is 3.24. The van der Waals surface area contributed by atoms with E-state index in [4.69, 9.17) is 25.3 Å². The fraction of sp³-hybridized carbons (Fsp3) is 0.250. The second-order valence-electron chi connectivity index (χ2n) is 6.39. The average Bonchev–Trinajstić information content (AvgIpc) is 3.23. The van der Waals surface area contributed by atoms with Gasteiger partial charge in [-0.3, -0.25) is 4.79 Å². The van der Waals surface area contributed by atoms with E-state index in [0.717, 1.165) is 0 Å². The molecule has 3 aromatic rings. The normalized spacial score (nSPS) is 10.8. The Morgan fingerprint density at radius 3 is 2.66 bits per heavy atom. The van der Waals surface area contributed by atoms with Gasteiger partial charge in [0, 0.05) is 7.05 Å². The third-order valence-corrected chi connectivity index (χ3v) is 4.70. The molecule has 0 bridgehead atoms. The number of benzene rings is 1. The lowest BCUT2D eigenvalue weighted by Crippen LogP contribution is -2.26. The number of rotatable bonds is 5. The molecule has 7 nitrogen and oxygen atoms in total.